The average molecular weight is 467 g/mol. The molecule has 6 heteroatoms. The van der Waals surface area contributed by atoms with Gasteiger partial charge in [-0.15, -0.1) is 0 Å². The summed E-state index contributed by atoms with van der Waals surface area (Å²) in [6, 6.07) is 23.5. The number of para-hydroxylation sites is 1. The van der Waals surface area contributed by atoms with Crippen LogP contribution in [-0.4, -0.2) is 17.5 Å². The summed E-state index contributed by atoms with van der Waals surface area (Å²) in [5.74, 6) is 0.587. The predicted molar refractivity (Wildman–Crippen MR) is 122 cm³/mol. The van der Waals surface area contributed by atoms with Gasteiger partial charge in [0.05, 0.1) is 16.8 Å². The lowest BCUT2D eigenvalue weighted by Crippen LogP contribution is -2.34. The molecule has 0 bridgehead atoms. The van der Waals surface area contributed by atoms with Crippen LogP contribution in [0.2, 0.25) is 0 Å². The van der Waals surface area contributed by atoms with E-state index >= 15 is 0 Å². The van der Waals surface area contributed by atoms with E-state index in [0.29, 0.717) is 17.4 Å². The van der Waals surface area contributed by atoms with Gasteiger partial charge in [0, 0.05) is 4.47 Å². The van der Waals surface area contributed by atoms with Crippen LogP contribution in [0.5, 0.6) is 5.75 Å². The van der Waals surface area contributed by atoms with Crippen molar-refractivity contribution in [2.24, 2.45) is 0 Å². The van der Waals surface area contributed by atoms with Gasteiger partial charge < -0.3 is 4.74 Å². The molecular weight excluding hydrogens is 448 g/mol. The molecule has 4 nitrogen and oxygen atoms in total. The van der Waals surface area contributed by atoms with Crippen LogP contribution in [-0.2, 0) is 11.3 Å². The molecule has 0 atom stereocenters. The standard InChI is InChI=1S/C23H19BrN2O2S/c1-16-7-5-6-10-20(16)28-15-22(27)26(14-17-8-3-2-4-9-17)23-25-19-12-11-18(24)13-21(19)29-23/h2-13H,14-15H2,1H3. The molecular formula is C23H19BrN2O2S. The van der Waals surface area contributed by atoms with Crippen molar-refractivity contribution in [3.63, 3.8) is 0 Å². The summed E-state index contributed by atoms with van der Waals surface area (Å²) in [7, 11) is 0. The van der Waals surface area contributed by atoms with Gasteiger partial charge in [0.1, 0.15) is 5.75 Å². The molecule has 4 rings (SSSR count). The number of amides is 1. The van der Waals surface area contributed by atoms with Crippen molar-refractivity contribution in [2.75, 3.05) is 11.5 Å². The van der Waals surface area contributed by atoms with E-state index in [0.717, 1.165) is 25.8 Å². The highest BCUT2D eigenvalue weighted by atomic mass is 79.9. The minimum absolute atomic E-state index is 0.0443. The summed E-state index contributed by atoms with van der Waals surface area (Å²) in [6.07, 6.45) is 0. The summed E-state index contributed by atoms with van der Waals surface area (Å²) >= 11 is 5.00. The number of anilines is 1. The van der Waals surface area contributed by atoms with Crippen molar-refractivity contribution in [3.05, 3.63) is 88.4 Å². The summed E-state index contributed by atoms with van der Waals surface area (Å²) in [4.78, 5) is 19.5. The number of rotatable bonds is 6. The van der Waals surface area contributed by atoms with Crippen LogP contribution in [0.15, 0.2) is 77.3 Å². The third-order valence-electron chi connectivity index (χ3n) is 4.50. The number of halogens is 1. The van der Waals surface area contributed by atoms with Gasteiger partial charge in [0.2, 0.25) is 0 Å². The first-order valence-corrected chi connectivity index (χ1v) is 10.8. The Labute approximate surface area is 181 Å². The molecule has 146 valence electrons. The zero-order chi connectivity index (χ0) is 20.2. The van der Waals surface area contributed by atoms with E-state index in [1.54, 1.807) is 4.90 Å². The van der Waals surface area contributed by atoms with Gasteiger partial charge in [-0.3, -0.25) is 9.69 Å². The molecule has 29 heavy (non-hydrogen) atoms. The number of aryl methyl sites for hydroxylation is 1. The lowest BCUT2D eigenvalue weighted by molar-refractivity contribution is -0.120. The molecule has 1 aromatic heterocycles. The first-order valence-electron chi connectivity index (χ1n) is 9.19. The molecule has 4 aromatic rings. The van der Waals surface area contributed by atoms with Gasteiger partial charge in [-0.25, -0.2) is 4.98 Å². The van der Waals surface area contributed by atoms with Crippen molar-refractivity contribution < 1.29 is 9.53 Å². The second-order valence-electron chi connectivity index (χ2n) is 6.63. The number of carbonyl (C=O) groups is 1. The minimum Gasteiger partial charge on any atom is -0.483 e. The van der Waals surface area contributed by atoms with Gasteiger partial charge in [-0.1, -0.05) is 75.8 Å². The van der Waals surface area contributed by atoms with Crippen LogP contribution in [0.4, 0.5) is 5.13 Å². The smallest absolute Gasteiger partial charge is 0.267 e. The summed E-state index contributed by atoms with van der Waals surface area (Å²) in [5.41, 5.74) is 2.91. The maximum absolute atomic E-state index is 13.1. The van der Waals surface area contributed by atoms with Crippen molar-refractivity contribution in [3.8, 4) is 5.75 Å². The minimum atomic E-state index is -0.129. The average Bonchev–Trinajstić information content (AvgIpc) is 3.14. The highest BCUT2D eigenvalue weighted by Crippen LogP contribution is 2.32. The highest BCUT2D eigenvalue weighted by molar-refractivity contribution is 9.10. The highest BCUT2D eigenvalue weighted by Gasteiger charge is 2.21. The number of benzene rings is 3. The van der Waals surface area contributed by atoms with Crippen molar-refractivity contribution in [1.29, 1.82) is 0 Å². The Balaban J connectivity index is 1.61. The van der Waals surface area contributed by atoms with Gasteiger partial charge in [-0.2, -0.15) is 0 Å². The molecule has 1 amide bonds. The summed E-state index contributed by atoms with van der Waals surface area (Å²) < 4.78 is 7.83. The Bertz CT molecular complexity index is 1140. The fraction of sp³-hybridized carbons (Fsp3) is 0.130. The normalized spacial score (nSPS) is 10.8. The van der Waals surface area contributed by atoms with Gasteiger partial charge in [0.15, 0.2) is 11.7 Å². The Morgan fingerprint density at radius 2 is 1.83 bits per heavy atom. The largest absolute Gasteiger partial charge is 0.483 e. The number of ether oxygens (including phenoxy) is 1. The molecule has 0 unspecified atom stereocenters. The molecule has 0 saturated carbocycles. The second-order valence-corrected chi connectivity index (χ2v) is 8.55. The van der Waals surface area contributed by atoms with Crippen LogP contribution in [0, 0.1) is 6.92 Å². The first kappa shape index (κ1) is 19.6. The van der Waals surface area contributed by atoms with E-state index in [1.807, 2.05) is 79.7 Å². The van der Waals surface area contributed by atoms with Crippen LogP contribution < -0.4 is 9.64 Å². The number of fused-ring (bicyclic) bond motifs is 1. The van der Waals surface area contributed by atoms with Crippen molar-refractivity contribution in [1.82, 2.24) is 4.98 Å². The van der Waals surface area contributed by atoms with E-state index in [-0.39, 0.29) is 12.5 Å². The zero-order valence-electron chi connectivity index (χ0n) is 15.8. The number of hydrogen-bond donors (Lipinski definition) is 0. The second kappa shape index (κ2) is 8.76. The number of hydrogen-bond acceptors (Lipinski definition) is 4. The molecule has 0 fully saturated rings. The van der Waals surface area contributed by atoms with Crippen LogP contribution in [0.1, 0.15) is 11.1 Å². The van der Waals surface area contributed by atoms with E-state index < -0.39 is 0 Å². The first-order chi connectivity index (χ1) is 14.1. The van der Waals surface area contributed by atoms with Crippen molar-refractivity contribution >= 4 is 48.5 Å². The predicted octanol–water partition coefficient (Wildman–Crippen LogP) is 5.98. The van der Waals surface area contributed by atoms with Crippen LogP contribution >= 0.6 is 27.3 Å². The fourth-order valence-corrected chi connectivity index (χ4v) is 4.50. The maximum atomic E-state index is 13.1. The molecule has 0 N–H and O–H groups in total. The lowest BCUT2D eigenvalue weighted by Gasteiger charge is -2.20. The molecule has 0 aliphatic heterocycles. The van der Waals surface area contributed by atoms with Crippen molar-refractivity contribution in [2.45, 2.75) is 13.5 Å². The Hall–Kier alpha value is -2.70. The Morgan fingerprint density at radius 3 is 2.62 bits per heavy atom. The van der Waals surface area contributed by atoms with Crippen LogP contribution in [0.25, 0.3) is 10.2 Å². The Morgan fingerprint density at radius 1 is 1.07 bits per heavy atom. The lowest BCUT2D eigenvalue weighted by atomic mass is 10.2. The fourth-order valence-electron chi connectivity index (χ4n) is 2.97. The third kappa shape index (κ3) is 4.66. The molecule has 3 aromatic carbocycles. The molecule has 0 saturated heterocycles. The summed E-state index contributed by atoms with van der Waals surface area (Å²) in [6.45, 7) is 2.36. The van der Waals surface area contributed by atoms with E-state index in [1.165, 1.54) is 11.3 Å². The zero-order valence-corrected chi connectivity index (χ0v) is 18.2. The summed E-state index contributed by atoms with van der Waals surface area (Å²) in [5, 5.41) is 0.667. The van der Waals surface area contributed by atoms with E-state index in [4.69, 9.17) is 9.72 Å². The maximum Gasteiger partial charge on any atom is 0.267 e. The van der Waals surface area contributed by atoms with Crippen LogP contribution in [0.3, 0.4) is 0 Å². The monoisotopic (exact) mass is 466 g/mol. The van der Waals surface area contributed by atoms with Gasteiger partial charge in [0.25, 0.3) is 5.91 Å². The third-order valence-corrected chi connectivity index (χ3v) is 6.03. The van der Waals surface area contributed by atoms with Gasteiger partial charge in [-0.05, 0) is 42.3 Å². The molecule has 0 aliphatic carbocycles. The number of carbonyl (C=O) groups excluding carboxylic acids is 1. The number of nitrogens with zero attached hydrogens (tertiary/aromatic N) is 2. The number of thiazole rings is 1. The SMILES string of the molecule is Cc1ccccc1OCC(=O)N(Cc1ccccc1)c1nc2ccc(Br)cc2s1. The Kier molecular flexibility index (Phi) is 5.92. The molecule has 0 spiro atoms. The van der Waals surface area contributed by atoms with E-state index in [9.17, 15) is 4.79 Å². The quantitative estimate of drug-likeness (QED) is 0.351. The molecule has 0 radical (unpaired) electrons. The molecule has 1 heterocycles. The van der Waals surface area contributed by atoms with E-state index in [2.05, 4.69) is 15.9 Å². The topological polar surface area (TPSA) is 42.4 Å². The van der Waals surface area contributed by atoms with Gasteiger partial charge >= 0.3 is 0 Å². The molecule has 0 aliphatic rings. The number of aromatic nitrogens is 1.